The lowest BCUT2D eigenvalue weighted by Crippen LogP contribution is -2.51. The molecule has 0 bridgehead atoms. The minimum absolute atomic E-state index is 0.00985. The van der Waals surface area contributed by atoms with Crippen molar-refractivity contribution in [1.29, 1.82) is 0 Å². The standard InChI is InChI=1S/C17H22N4O3S/c1-12-18-16(19-24-12)7-9-21(13(2)22)14-5-3-8-20(11-14)17(23)15-6-4-10-25-15/h4,6,10,14H,3,5,7-9,11H2,1-2H3. The predicted octanol–water partition coefficient (Wildman–Crippen LogP) is 2.14. The summed E-state index contributed by atoms with van der Waals surface area (Å²) in [5.41, 5.74) is 0. The number of piperidine rings is 1. The van der Waals surface area contributed by atoms with E-state index in [1.54, 1.807) is 13.8 Å². The largest absolute Gasteiger partial charge is 0.340 e. The molecule has 3 heterocycles. The van der Waals surface area contributed by atoms with E-state index in [9.17, 15) is 9.59 Å². The van der Waals surface area contributed by atoms with Crippen molar-refractivity contribution in [2.75, 3.05) is 19.6 Å². The SMILES string of the molecule is CC(=O)N(CCc1noc(C)n1)C1CCCN(C(=O)c2cccs2)C1. The van der Waals surface area contributed by atoms with Crippen molar-refractivity contribution in [3.8, 4) is 0 Å². The van der Waals surface area contributed by atoms with E-state index in [2.05, 4.69) is 10.1 Å². The Morgan fingerprint density at radius 3 is 2.96 bits per heavy atom. The van der Waals surface area contributed by atoms with Crippen LogP contribution >= 0.6 is 11.3 Å². The molecule has 2 amide bonds. The fourth-order valence-electron chi connectivity index (χ4n) is 3.21. The van der Waals surface area contributed by atoms with Crippen molar-refractivity contribution in [3.63, 3.8) is 0 Å². The molecule has 2 aromatic heterocycles. The van der Waals surface area contributed by atoms with Crippen molar-refractivity contribution >= 4 is 23.2 Å². The highest BCUT2D eigenvalue weighted by atomic mass is 32.1. The van der Waals surface area contributed by atoms with Gasteiger partial charge in [0.15, 0.2) is 5.82 Å². The van der Waals surface area contributed by atoms with Gasteiger partial charge in [0, 0.05) is 45.9 Å². The number of aryl methyl sites for hydroxylation is 1. The molecule has 1 aliphatic heterocycles. The Bertz CT molecular complexity index is 728. The molecule has 3 rings (SSSR count). The Hall–Kier alpha value is -2.22. The average Bonchev–Trinajstić information content (AvgIpc) is 3.26. The van der Waals surface area contributed by atoms with E-state index < -0.39 is 0 Å². The zero-order chi connectivity index (χ0) is 17.8. The molecule has 2 aromatic rings. The molecule has 0 saturated carbocycles. The monoisotopic (exact) mass is 362 g/mol. The lowest BCUT2D eigenvalue weighted by atomic mass is 10.0. The highest BCUT2D eigenvalue weighted by Gasteiger charge is 2.30. The number of likely N-dealkylation sites (tertiary alicyclic amines) is 1. The van der Waals surface area contributed by atoms with Crippen LogP contribution in [0.4, 0.5) is 0 Å². The first-order chi connectivity index (χ1) is 12.0. The second-order valence-electron chi connectivity index (χ2n) is 6.22. The normalized spacial score (nSPS) is 17.5. The van der Waals surface area contributed by atoms with Crippen LogP contribution in [-0.4, -0.2) is 57.4 Å². The van der Waals surface area contributed by atoms with Crippen molar-refractivity contribution in [2.45, 2.75) is 39.2 Å². The summed E-state index contributed by atoms with van der Waals surface area (Å²) in [6.07, 6.45) is 2.35. The number of nitrogens with zero attached hydrogens (tertiary/aromatic N) is 4. The van der Waals surface area contributed by atoms with Gasteiger partial charge in [-0.15, -0.1) is 11.3 Å². The molecule has 1 unspecified atom stereocenters. The fourth-order valence-corrected chi connectivity index (χ4v) is 3.90. The van der Waals surface area contributed by atoms with E-state index in [4.69, 9.17) is 4.52 Å². The van der Waals surface area contributed by atoms with Gasteiger partial charge in [0.1, 0.15) is 0 Å². The van der Waals surface area contributed by atoms with Gasteiger partial charge < -0.3 is 14.3 Å². The second-order valence-corrected chi connectivity index (χ2v) is 7.16. The molecular weight excluding hydrogens is 340 g/mol. The third-order valence-corrected chi connectivity index (χ3v) is 5.26. The first kappa shape index (κ1) is 17.6. The molecule has 7 nitrogen and oxygen atoms in total. The van der Waals surface area contributed by atoms with Crippen molar-refractivity contribution in [2.24, 2.45) is 0 Å². The van der Waals surface area contributed by atoms with Gasteiger partial charge in [-0.05, 0) is 24.3 Å². The number of aromatic nitrogens is 2. The summed E-state index contributed by atoms with van der Waals surface area (Å²) in [5, 5.41) is 5.79. The molecule has 1 atom stereocenters. The third-order valence-electron chi connectivity index (χ3n) is 4.41. The van der Waals surface area contributed by atoms with Gasteiger partial charge in [0.2, 0.25) is 11.8 Å². The summed E-state index contributed by atoms with van der Waals surface area (Å²) in [6.45, 7) is 5.15. The number of carbonyl (C=O) groups excluding carboxylic acids is 2. The molecule has 0 spiro atoms. The van der Waals surface area contributed by atoms with E-state index in [0.29, 0.717) is 31.2 Å². The Balaban J connectivity index is 1.64. The van der Waals surface area contributed by atoms with Crippen LogP contribution in [0.3, 0.4) is 0 Å². The molecule has 0 aromatic carbocycles. The highest BCUT2D eigenvalue weighted by molar-refractivity contribution is 7.12. The minimum atomic E-state index is 0.00985. The maximum Gasteiger partial charge on any atom is 0.263 e. The number of hydrogen-bond donors (Lipinski definition) is 0. The Morgan fingerprint density at radius 2 is 2.32 bits per heavy atom. The van der Waals surface area contributed by atoms with Crippen LogP contribution in [0.15, 0.2) is 22.0 Å². The van der Waals surface area contributed by atoms with Crippen LogP contribution in [0.25, 0.3) is 0 Å². The quantitative estimate of drug-likeness (QED) is 0.814. The Kier molecular flexibility index (Phi) is 5.47. The Morgan fingerprint density at radius 1 is 1.48 bits per heavy atom. The first-order valence-corrected chi connectivity index (χ1v) is 9.31. The maximum atomic E-state index is 12.6. The molecular formula is C17H22N4O3S. The van der Waals surface area contributed by atoms with Gasteiger partial charge in [-0.1, -0.05) is 11.2 Å². The summed E-state index contributed by atoms with van der Waals surface area (Å²) >= 11 is 1.45. The fraction of sp³-hybridized carbons (Fsp3) is 0.529. The lowest BCUT2D eigenvalue weighted by molar-refractivity contribution is -0.132. The zero-order valence-corrected chi connectivity index (χ0v) is 15.3. The van der Waals surface area contributed by atoms with Gasteiger partial charge >= 0.3 is 0 Å². The summed E-state index contributed by atoms with van der Waals surface area (Å²) in [6, 6.07) is 3.76. The Labute approximate surface area is 150 Å². The van der Waals surface area contributed by atoms with E-state index in [1.165, 1.54) is 11.3 Å². The zero-order valence-electron chi connectivity index (χ0n) is 14.5. The molecule has 8 heteroatoms. The van der Waals surface area contributed by atoms with Gasteiger partial charge in [-0.3, -0.25) is 9.59 Å². The van der Waals surface area contributed by atoms with Crippen LogP contribution in [0.2, 0.25) is 0 Å². The minimum Gasteiger partial charge on any atom is -0.340 e. The molecule has 1 aliphatic rings. The molecule has 1 saturated heterocycles. The number of carbonyl (C=O) groups is 2. The van der Waals surface area contributed by atoms with Gasteiger partial charge in [0.05, 0.1) is 4.88 Å². The second kappa shape index (κ2) is 7.77. The summed E-state index contributed by atoms with van der Waals surface area (Å²) in [4.78, 5) is 33.3. The van der Waals surface area contributed by atoms with Crippen LogP contribution in [-0.2, 0) is 11.2 Å². The summed E-state index contributed by atoms with van der Waals surface area (Å²) < 4.78 is 4.98. The number of hydrogen-bond acceptors (Lipinski definition) is 6. The van der Waals surface area contributed by atoms with Crippen molar-refractivity contribution < 1.29 is 14.1 Å². The smallest absolute Gasteiger partial charge is 0.263 e. The van der Waals surface area contributed by atoms with Crippen LogP contribution in [0.1, 0.15) is 41.2 Å². The van der Waals surface area contributed by atoms with E-state index in [-0.39, 0.29) is 17.9 Å². The highest BCUT2D eigenvalue weighted by Crippen LogP contribution is 2.20. The van der Waals surface area contributed by atoms with Crippen LogP contribution < -0.4 is 0 Å². The topological polar surface area (TPSA) is 79.5 Å². The number of amides is 2. The predicted molar refractivity (Wildman–Crippen MR) is 93.4 cm³/mol. The molecule has 1 fully saturated rings. The summed E-state index contributed by atoms with van der Waals surface area (Å²) in [5.74, 6) is 1.19. The molecule has 25 heavy (non-hydrogen) atoms. The molecule has 0 radical (unpaired) electrons. The van der Waals surface area contributed by atoms with Crippen LogP contribution in [0.5, 0.6) is 0 Å². The van der Waals surface area contributed by atoms with E-state index in [1.807, 2.05) is 27.3 Å². The average molecular weight is 362 g/mol. The summed E-state index contributed by atoms with van der Waals surface area (Å²) in [7, 11) is 0. The van der Waals surface area contributed by atoms with Crippen molar-refractivity contribution in [3.05, 3.63) is 34.1 Å². The molecule has 0 N–H and O–H groups in total. The third kappa shape index (κ3) is 4.25. The maximum absolute atomic E-state index is 12.6. The van der Waals surface area contributed by atoms with Gasteiger partial charge in [-0.25, -0.2) is 0 Å². The van der Waals surface area contributed by atoms with Crippen LogP contribution in [0, 0.1) is 6.92 Å². The lowest BCUT2D eigenvalue weighted by Gasteiger charge is -2.38. The number of rotatable bonds is 5. The van der Waals surface area contributed by atoms with E-state index in [0.717, 1.165) is 24.3 Å². The van der Waals surface area contributed by atoms with E-state index >= 15 is 0 Å². The van der Waals surface area contributed by atoms with Crippen molar-refractivity contribution in [1.82, 2.24) is 19.9 Å². The molecule has 134 valence electrons. The molecule has 0 aliphatic carbocycles. The van der Waals surface area contributed by atoms with Gasteiger partial charge in [-0.2, -0.15) is 4.98 Å². The first-order valence-electron chi connectivity index (χ1n) is 8.44. The number of thiophene rings is 1. The van der Waals surface area contributed by atoms with Gasteiger partial charge in [0.25, 0.3) is 5.91 Å².